The van der Waals surface area contributed by atoms with E-state index < -0.39 is 0 Å². The van der Waals surface area contributed by atoms with Crippen LogP contribution in [-0.4, -0.2) is 29.2 Å². The van der Waals surface area contributed by atoms with Gasteiger partial charge in [-0.05, 0) is 0 Å². The minimum absolute atomic E-state index is 0.158. The summed E-state index contributed by atoms with van der Waals surface area (Å²) in [6.07, 6.45) is 4.65. The van der Waals surface area contributed by atoms with Gasteiger partial charge in [0.05, 0.1) is 0 Å². The highest BCUT2D eigenvalue weighted by Crippen LogP contribution is 2.03. The van der Waals surface area contributed by atoms with Gasteiger partial charge in [-0.2, -0.15) is 0 Å². The molecular formula is C8H9N3O3. The van der Waals surface area contributed by atoms with Crippen LogP contribution in [0.5, 0.6) is 0 Å². The summed E-state index contributed by atoms with van der Waals surface area (Å²) in [5.74, 6) is 0.258. The molecule has 0 saturated carbocycles. The van der Waals surface area contributed by atoms with E-state index in [-0.39, 0.29) is 12.5 Å². The number of aromatic nitrogens is 1. The highest BCUT2D eigenvalue weighted by atomic mass is 16.5. The van der Waals surface area contributed by atoms with E-state index in [2.05, 4.69) is 15.0 Å². The zero-order chi connectivity index (χ0) is 9.80. The van der Waals surface area contributed by atoms with Crippen molar-refractivity contribution in [2.75, 3.05) is 18.6 Å². The normalized spacial score (nSPS) is 14.1. The van der Waals surface area contributed by atoms with Gasteiger partial charge >= 0.3 is 0 Å². The number of nitrogens with one attached hydrogen (secondary N) is 1. The Kier molecular flexibility index (Phi) is 2.35. The lowest BCUT2D eigenvalue weighted by atomic mass is 10.5. The SMILES string of the molecule is O=C(CN1C=COC1)Nc1ccon1. The summed E-state index contributed by atoms with van der Waals surface area (Å²) >= 11 is 0. The summed E-state index contributed by atoms with van der Waals surface area (Å²) < 4.78 is 9.49. The average molecular weight is 195 g/mol. The minimum atomic E-state index is -0.158. The molecule has 0 atom stereocenters. The lowest BCUT2D eigenvalue weighted by molar-refractivity contribution is -0.117. The van der Waals surface area contributed by atoms with E-state index in [1.165, 1.54) is 6.26 Å². The zero-order valence-electron chi connectivity index (χ0n) is 7.34. The van der Waals surface area contributed by atoms with Gasteiger partial charge in [0.2, 0.25) is 5.91 Å². The number of carbonyl (C=O) groups excluding carboxylic acids is 1. The van der Waals surface area contributed by atoms with E-state index in [0.717, 1.165) is 0 Å². The third-order valence-corrected chi connectivity index (χ3v) is 1.66. The first-order valence-corrected chi connectivity index (χ1v) is 4.07. The van der Waals surface area contributed by atoms with Crippen molar-refractivity contribution in [2.24, 2.45) is 0 Å². The first-order valence-electron chi connectivity index (χ1n) is 4.07. The maximum atomic E-state index is 11.3. The van der Waals surface area contributed by atoms with E-state index in [1.54, 1.807) is 23.4 Å². The molecule has 1 aliphatic rings. The maximum absolute atomic E-state index is 11.3. The van der Waals surface area contributed by atoms with Gasteiger partial charge in [-0.1, -0.05) is 5.16 Å². The highest BCUT2D eigenvalue weighted by molar-refractivity contribution is 5.91. The lowest BCUT2D eigenvalue weighted by Crippen LogP contribution is -2.28. The average Bonchev–Trinajstić information content (AvgIpc) is 2.76. The molecule has 0 aliphatic carbocycles. The standard InChI is InChI=1S/C8H9N3O3/c12-8(5-11-2-4-13-6-11)9-7-1-3-14-10-7/h1-4H,5-6H2,(H,9,10,12). The molecule has 1 amide bonds. The number of hydrogen-bond acceptors (Lipinski definition) is 5. The number of ether oxygens (including phenoxy) is 1. The number of hydrogen-bond donors (Lipinski definition) is 1. The molecule has 1 aromatic heterocycles. The Morgan fingerprint density at radius 1 is 1.71 bits per heavy atom. The monoisotopic (exact) mass is 195 g/mol. The number of rotatable bonds is 3. The Labute approximate surface area is 80.1 Å². The Hall–Kier alpha value is -1.98. The van der Waals surface area contributed by atoms with Gasteiger partial charge in [0.25, 0.3) is 0 Å². The van der Waals surface area contributed by atoms with Gasteiger partial charge in [0.15, 0.2) is 12.5 Å². The van der Waals surface area contributed by atoms with Gasteiger partial charge in [-0.25, -0.2) is 0 Å². The number of amides is 1. The highest BCUT2D eigenvalue weighted by Gasteiger charge is 2.11. The molecule has 6 heteroatoms. The van der Waals surface area contributed by atoms with E-state index in [4.69, 9.17) is 4.74 Å². The topological polar surface area (TPSA) is 67.6 Å². The summed E-state index contributed by atoms with van der Waals surface area (Å²) in [6, 6.07) is 1.58. The van der Waals surface area contributed by atoms with Crippen LogP contribution in [0.25, 0.3) is 0 Å². The second kappa shape index (κ2) is 3.82. The first kappa shape index (κ1) is 8.61. The van der Waals surface area contributed by atoms with Gasteiger partial charge in [-0.15, -0.1) is 0 Å². The Balaban J connectivity index is 1.81. The maximum Gasteiger partial charge on any atom is 0.245 e. The van der Waals surface area contributed by atoms with Crippen LogP contribution in [-0.2, 0) is 9.53 Å². The molecular weight excluding hydrogens is 186 g/mol. The number of nitrogens with zero attached hydrogens (tertiary/aromatic N) is 2. The number of anilines is 1. The summed E-state index contributed by atoms with van der Waals surface area (Å²) in [5.41, 5.74) is 0. The zero-order valence-corrected chi connectivity index (χ0v) is 7.34. The molecule has 74 valence electrons. The van der Waals surface area contributed by atoms with Crippen LogP contribution >= 0.6 is 0 Å². The van der Waals surface area contributed by atoms with Gasteiger partial charge in [0.1, 0.15) is 19.1 Å². The van der Waals surface area contributed by atoms with Crippen molar-refractivity contribution >= 4 is 11.7 Å². The summed E-state index contributed by atoms with van der Waals surface area (Å²) in [4.78, 5) is 13.1. The van der Waals surface area contributed by atoms with Crippen molar-refractivity contribution in [1.82, 2.24) is 10.1 Å². The molecule has 1 aromatic rings. The van der Waals surface area contributed by atoms with Crippen molar-refractivity contribution in [3.05, 3.63) is 24.8 Å². The fraction of sp³-hybridized carbons (Fsp3) is 0.250. The predicted molar refractivity (Wildman–Crippen MR) is 46.9 cm³/mol. The molecule has 6 nitrogen and oxygen atoms in total. The molecule has 0 spiro atoms. The van der Waals surface area contributed by atoms with Crippen molar-refractivity contribution in [3.8, 4) is 0 Å². The first-order chi connectivity index (χ1) is 6.84. The van der Waals surface area contributed by atoms with Crippen LogP contribution < -0.4 is 5.32 Å². The van der Waals surface area contributed by atoms with Crippen molar-refractivity contribution in [3.63, 3.8) is 0 Å². The molecule has 0 radical (unpaired) electrons. The van der Waals surface area contributed by atoms with E-state index in [0.29, 0.717) is 12.5 Å². The van der Waals surface area contributed by atoms with E-state index in [9.17, 15) is 4.79 Å². The fourth-order valence-electron chi connectivity index (χ4n) is 1.05. The fourth-order valence-corrected chi connectivity index (χ4v) is 1.05. The van der Waals surface area contributed by atoms with Crippen LogP contribution in [0.1, 0.15) is 0 Å². The second-order valence-corrected chi connectivity index (χ2v) is 2.76. The Morgan fingerprint density at radius 3 is 3.29 bits per heavy atom. The lowest BCUT2D eigenvalue weighted by Gasteiger charge is -2.11. The molecule has 0 bridgehead atoms. The van der Waals surface area contributed by atoms with Crippen LogP contribution in [0.3, 0.4) is 0 Å². The molecule has 0 aromatic carbocycles. The quantitative estimate of drug-likeness (QED) is 0.754. The molecule has 2 rings (SSSR count). The van der Waals surface area contributed by atoms with Crippen molar-refractivity contribution < 1.29 is 14.1 Å². The summed E-state index contributed by atoms with van der Waals surface area (Å²) in [6.45, 7) is 0.648. The van der Waals surface area contributed by atoms with Gasteiger partial charge in [0, 0.05) is 12.3 Å². The molecule has 1 N–H and O–H groups in total. The molecule has 0 fully saturated rings. The third kappa shape index (κ3) is 2.03. The van der Waals surface area contributed by atoms with Crippen LogP contribution in [0.15, 0.2) is 29.3 Å². The summed E-state index contributed by atoms with van der Waals surface area (Å²) in [5, 5.41) is 6.13. The molecule has 1 aliphatic heterocycles. The van der Waals surface area contributed by atoms with Gasteiger partial charge in [-0.3, -0.25) is 4.79 Å². The summed E-state index contributed by atoms with van der Waals surface area (Å²) in [7, 11) is 0. The van der Waals surface area contributed by atoms with E-state index >= 15 is 0 Å². The predicted octanol–water partition coefficient (Wildman–Crippen LogP) is 0.374. The van der Waals surface area contributed by atoms with Crippen LogP contribution in [0, 0.1) is 0 Å². The van der Waals surface area contributed by atoms with Crippen LogP contribution in [0.2, 0.25) is 0 Å². The number of carbonyl (C=O) groups is 1. The second-order valence-electron chi connectivity index (χ2n) is 2.76. The van der Waals surface area contributed by atoms with Crippen LogP contribution in [0.4, 0.5) is 5.82 Å². The molecule has 0 saturated heterocycles. The molecule has 14 heavy (non-hydrogen) atoms. The van der Waals surface area contributed by atoms with Gasteiger partial charge < -0.3 is 19.5 Å². The Morgan fingerprint density at radius 2 is 2.64 bits per heavy atom. The molecule has 2 heterocycles. The van der Waals surface area contributed by atoms with Crippen molar-refractivity contribution in [1.29, 1.82) is 0 Å². The van der Waals surface area contributed by atoms with Crippen molar-refractivity contribution in [2.45, 2.75) is 0 Å². The molecule has 0 unspecified atom stereocenters. The third-order valence-electron chi connectivity index (χ3n) is 1.66. The largest absolute Gasteiger partial charge is 0.479 e. The Bertz CT molecular complexity index is 334. The van der Waals surface area contributed by atoms with E-state index in [1.807, 2.05) is 0 Å². The smallest absolute Gasteiger partial charge is 0.245 e. The minimum Gasteiger partial charge on any atom is -0.479 e.